The number of aryl methyl sites for hydroxylation is 2. The lowest BCUT2D eigenvalue weighted by atomic mass is 10.2. The molecule has 0 saturated carbocycles. The van der Waals surface area contributed by atoms with Gasteiger partial charge in [0, 0.05) is 92.7 Å². The molecule has 0 radical (unpaired) electrons. The number of carbonyl (C=O) groups is 4. The molecule has 140 heavy (non-hydrogen) atoms. The van der Waals surface area contributed by atoms with Crippen molar-refractivity contribution in [2.75, 3.05) is 43.9 Å². The molecule has 29 nitrogen and oxygen atoms in total. The van der Waals surface area contributed by atoms with E-state index >= 15 is 4.39 Å². The third-order valence-corrected chi connectivity index (χ3v) is 23.3. The maximum atomic E-state index is 15.1. The Morgan fingerprint density at radius 1 is 0.343 bits per heavy atom. The number of nitrogens with one attached hydrogen (secondary N) is 2. The first-order valence-corrected chi connectivity index (χ1v) is 43.9. The molecule has 8 aromatic heterocycles. The molecule has 20 rings (SSSR count). The van der Waals surface area contributed by atoms with Crippen LogP contribution in [0.15, 0.2) is 368 Å². The molecule has 10 heterocycles. The maximum absolute atomic E-state index is 15.1. The summed E-state index contributed by atoms with van der Waals surface area (Å²) in [6, 6.07) is 68.5. The fourth-order valence-electron chi connectivity index (χ4n) is 16.7. The molecule has 2 saturated heterocycles. The van der Waals surface area contributed by atoms with E-state index in [0.29, 0.717) is 163 Å². The minimum atomic E-state index is -0.647. The van der Waals surface area contributed by atoms with Crippen molar-refractivity contribution in [1.82, 2.24) is 66.3 Å². The highest BCUT2D eigenvalue weighted by atomic mass is 19.1. The number of halogens is 4. The van der Waals surface area contributed by atoms with Crippen molar-refractivity contribution in [3.63, 3.8) is 0 Å². The third kappa shape index (κ3) is 19.5. The summed E-state index contributed by atoms with van der Waals surface area (Å²) in [5, 5.41) is 5.39. The van der Waals surface area contributed by atoms with Crippen LogP contribution in [0, 0.1) is 37.1 Å². The van der Waals surface area contributed by atoms with Gasteiger partial charge >= 0.3 is 22.8 Å². The summed E-state index contributed by atoms with van der Waals surface area (Å²) in [4.78, 5) is 122. The lowest BCUT2D eigenvalue weighted by molar-refractivity contribution is -0.125. The van der Waals surface area contributed by atoms with Crippen LogP contribution in [0.4, 0.5) is 28.9 Å². The van der Waals surface area contributed by atoms with E-state index in [1.54, 1.807) is 299 Å². The first-order valence-electron chi connectivity index (χ1n) is 43.9. The summed E-state index contributed by atoms with van der Waals surface area (Å²) < 4.78 is 99.4. The molecule has 2 aliphatic heterocycles. The van der Waals surface area contributed by atoms with E-state index < -0.39 is 29.0 Å². The monoisotopic (exact) mass is 1880 g/mol. The Morgan fingerprint density at radius 2 is 0.679 bits per heavy atom. The number of likely N-dealkylation sites (tertiary alicyclic amines) is 2. The average Bonchev–Trinajstić information content (AvgIpc) is 1.60. The number of rotatable bonds is 23. The molecule has 0 bridgehead atoms. The molecule has 33 heteroatoms. The highest BCUT2D eigenvalue weighted by Gasteiger charge is 2.33. The van der Waals surface area contributed by atoms with Crippen LogP contribution in [0.1, 0.15) is 36.1 Å². The molecule has 0 spiro atoms. The summed E-state index contributed by atoms with van der Waals surface area (Å²) in [5.41, 5.74) is 8.34. The standard InChI is InChI=1S/C28H21FN4O4.C28H21FN4O3.C26H23FN4O3.C25H21FN4O3/c1-3-27(34)31-18-6-4-7-19(14-18)32-24-12-13-30-17-25(24)33(28(32)35)20-10-11-26(23(29)15-20)37-22-9-5-8-21(16-22)36-2;1-3-26(34)31-19-8-5-9-20(15-19)32-23-13-14-30-17-24(23)33(28(32)35)21-10-6-11-22(16-21)36-25-12-4-7-18(2)27(25)29;1-3-24(32)29-13-11-19(16-29)31-21-10-12-28-15-22(21)30(26(31)33)18-7-5-8-20(14-18)34-23-9-4-6-17(2)25(23)27;1-2-24(31)28-13-11-18(16-28)30-21-10-12-27-15-22(21)29(25(30)32)17-8-9-23(20(26)14-17)33-19-6-4-3-5-7-19/h3-17H,1H2,2H3,(H,31,34);3-17H,1H2,2H3,(H,31,34);3-10,12,14-15,19H,1,11,13,16H2,2H3;2-10,12,14-15,18H,1,11,13,16H2/t;;19-;18-/m..11/s1. The highest BCUT2D eigenvalue weighted by molar-refractivity contribution is 6.00. The molecule has 18 aromatic rings. The van der Waals surface area contributed by atoms with Crippen molar-refractivity contribution >= 4 is 79.1 Å². The van der Waals surface area contributed by atoms with Crippen LogP contribution in [0.5, 0.6) is 51.7 Å². The van der Waals surface area contributed by atoms with Crippen LogP contribution in [-0.4, -0.2) is 123 Å². The number of aromatic nitrogens is 12. The Bertz CT molecular complexity index is 8160. The van der Waals surface area contributed by atoms with Crippen LogP contribution in [0.2, 0.25) is 0 Å². The summed E-state index contributed by atoms with van der Waals surface area (Å²) >= 11 is 0. The number of benzene rings is 10. The van der Waals surface area contributed by atoms with Gasteiger partial charge in [-0.15, -0.1) is 0 Å². The zero-order valence-electron chi connectivity index (χ0n) is 75.4. The third-order valence-electron chi connectivity index (χ3n) is 23.3. The van der Waals surface area contributed by atoms with Gasteiger partial charge in [0.1, 0.15) is 28.7 Å². The van der Waals surface area contributed by atoms with Crippen molar-refractivity contribution < 1.29 is 60.4 Å². The quantitative estimate of drug-likeness (QED) is 0.0444. The Labute approximate surface area is 795 Å². The molecular formula is C107H86F4N16O13. The van der Waals surface area contributed by atoms with Crippen LogP contribution >= 0.6 is 0 Å². The Kier molecular flexibility index (Phi) is 27.4. The molecule has 0 unspecified atom stereocenters. The number of hydrogen-bond donors (Lipinski definition) is 2. The lowest BCUT2D eigenvalue weighted by Crippen LogP contribution is -2.31. The van der Waals surface area contributed by atoms with Crippen LogP contribution < -0.4 is 57.1 Å². The Morgan fingerprint density at radius 3 is 1.09 bits per heavy atom. The minimum absolute atomic E-state index is 0.00224. The van der Waals surface area contributed by atoms with Crippen molar-refractivity contribution in [3.8, 4) is 85.9 Å². The molecular weight excluding hydrogens is 1790 g/mol. The number of ether oxygens (including phenoxy) is 5. The van der Waals surface area contributed by atoms with Gasteiger partial charge in [-0.2, -0.15) is 0 Å². The van der Waals surface area contributed by atoms with Gasteiger partial charge in [0.2, 0.25) is 23.6 Å². The number of nitrogens with zero attached hydrogens (tertiary/aromatic N) is 14. The van der Waals surface area contributed by atoms with E-state index in [1.807, 2.05) is 6.07 Å². The normalized spacial score (nSPS) is 13.1. The second-order valence-electron chi connectivity index (χ2n) is 32.1. The minimum Gasteiger partial charge on any atom is -0.497 e. The number of pyridine rings is 4. The molecule has 2 fully saturated rings. The second kappa shape index (κ2) is 41.1. The van der Waals surface area contributed by atoms with E-state index in [4.69, 9.17) is 23.7 Å². The fraction of sp³-hybridized carbons (Fsp3) is 0.103. The van der Waals surface area contributed by atoms with Crippen molar-refractivity contribution in [2.24, 2.45) is 0 Å². The predicted octanol–water partition coefficient (Wildman–Crippen LogP) is 19.2. The highest BCUT2D eigenvalue weighted by Crippen LogP contribution is 2.37. The number of anilines is 2. The number of imidazole rings is 4. The van der Waals surface area contributed by atoms with E-state index in [2.05, 4.69) is 56.9 Å². The Hall–Kier alpha value is -18.6. The van der Waals surface area contributed by atoms with E-state index in [9.17, 15) is 51.5 Å². The van der Waals surface area contributed by atoms with Crippen LogP contribution in [-0.2, 0) is 19.2 Å². The predicted molar refractivity (Wildman–Crippen MR) is 524 cm³/mol. The molecule has 2 aliphatic rings. The van der Waals surface area contributed by atoms with Crippen molar-refractivity contribution in [2.45, 2.75) is 38.8 Å². The topological polar surface area (TPSA) is 304 Å². The van der Waals surface area contributed by atoms with E-state index in [0.717, 1.165) is 11.6 Å². The van der Waals surface area contributed by atoms with Gasteiger partial charge in [0.15, 0.2) is 46.3 Å². The zero-order valence-corrected chi connectivity index (χ0v) is 75.4. The fourth-order valence-corrected chi connectivity index (χ4v) is 16.7. The lowest BCUT2D eigenvalue weighted by Gasteiger charge is -2.15. The van der Waals surface area contributed by atoms with Crippen molar-refractivity contribution in [1.29, 1.82) is 0 Å². The smallest absolute Gasteiger partial charge is 0.338 e. The summed E-state index contributed by atoms with van der Waals surface area (Å²) in [7, 11) is 1.53. The molecule has 10 aromatic carbocycles. The summed E-state index contributed by atoms with van der Waals surface area (Å²) in [6.45, 7) is 19.3. The number of fused-ring (bicyclic) bond motifs is 4. The van der Waals surface area contributed by atoms with Gasteiger partial charge < -0.3 is 44.1 Å². The van der Waals surface area contributed by atoms with E-state index in [-0.39, 0.29) is 75.8 Å². The Balaban J connectivity index is 0.000000129. The van der Waals surface area contributed by atoms with Gasteiger partial charge in [-0.05, 0) is 208 Å². The molecule has 2 N–H and O–H groups in total. The summed E-state index contributed by atoms with van der Waals surface area (Å²) in [5.74, 6) is -0.566. The summed E-state index contributed by atoms with van der Waals surface area (Å²) in [6.07, 6.45) is 19.0. The largest absolute Gasteiger partial charge is 0.497 e. The first-order chi connectivity index (χ1) is 68.0. The number of para-hydroxylation sites is 1. The number of hydrogen-bond acceptors (Lipinski definition) is 17. The number of amides is 4. The average molecular weight is 1880 g/mol. The van der Waals surface area contributed by atoms with Gasteiger partial charge in [0.05, 0.1) is 122 Å². The SMILES string of the molecule is C=CC(=O)N1CC[C@@H](n2c(=O)n(-c3ccc(Oc4ccccc4)c(F)c3)c3cnccc32)C1.C=CC(=O)N1CC[C@@H](n2c(=O)n(-c3cccc(Oc4cccc(C)c4F)c3)c3cnccc32)C1.C=CC(=O)Nc1cccc(-n2c(=O)n(-c3ccc(Oc4cccc(OC)c4)c(F)c3)c3cnccc32)c1.C=CC(=O)Nc1cccc(-n2c(=O)n(-c3cccc(Oc4cccc(C)c4F)c3)c3cnccc32)c1. The zero-order chi connectivity index (χ0) is 97.9. The van der Waals surface area contributed by atoms with Crippen LogP contribution in [0.3, 0.4) is 0 Å². The van der Waals surface area contributed by atoms with E-state index in [1.165, 1.54) is 78.6 Å². The molecule has 2 atom stereocenters. The van der Waals surface area contributed by atoms with Gasteiger partial charge in [-0.25, -0.2) is 36.7 Å². The molecule has 0 aliphatic carbocycles. The first kappa shape index (κ1) is 93.3. The van der Waals surface area contributed by atoms with Gasteiger partial charge in [-0.3, -0.25) is 75.7 Å². The molecule has 700 valence electrons. The van der Waals surface area contributed by atoms with Gasteiger partial charge in [0.25, 0.3) is 0 Å². The molecule has 4 amide bonds. The van der Waals surface area contributed by atoms with Gasteiger partial charge in [-0.1, -0.05) is 99.1 Å². The second-order valence-corrected chi connectivity index (χ2v) is 32.1. The number of methoxy groups -OCH3 is 1. The maximum Gasteiger partial charge on any atom is 0.338 e. The number of carbonyl (C=O) groups excluding carboxylic acids is 4. The van der Waals surface area contributed by atoms with Crippen molar-refractivity contribution in [3.05, 3.63) is 425 Å². The van der Waals surface area contributed by atoms with Crippen LogP contribution in [0.25, 0.3) is 78.3 Å².